The fourth-order valence-electron chi connectivity index (χ4n) is 2.76. The third-order valence-electron chi connectivity index (χ3n) is 4.16. The highest BCUT2D eigenvalue weighted by molar-refractivity contribution is 6.76. The van der Waals surface area contributed by atoms with Crippen LogP contribution in [0.2, 0.25) is 31.0 Å². The largest absolute Gasteiger partial charge is 0.450 e. The minimum absolute atomic E-state index is 0.118. The van der Waals surface area contributed by atoms with E-state index < -0.39 is 8.07 Å². The summed E-state index contributed by atoms with van der Waals surface area (Å²) in [7, 11) is -1.25. The molecule has 2 aromatic heterocycles. The van der Waals surface area contributed by atoms with Crippen molar-refractivity contribution in [1.82, 2.24) is 30.2 Å². The monoisotopic (exact) mass is 382 g/mol. The maximum atomic E-state index is 12.6. The number of hydrogen-bond donors (Lipinski definition) is 2. The first kappa shape index (κ1) is 18.1. The molecule has 8 nitrogen and oxygen atoms in total. The molecule has 2 N–H and O–H groups in total. The Bertz CT molecular complexity index is 762. The van der Waals surface area contributed by atoms with Crippen LogP contribution in [0.1, 0.15) is 11.7 Å². The van der Waals surface area contributed by atoms with E-state index in [9.17, 15) is 4.79 Å². The predicted octanol–water partition coefficient (Wildman–Crippen LogP) is 2.43. The van der Waals surface area contributed by atoms with Crippen molar-refractivity contribution in [1.29, 1.82) is 0 Å². The molecule has 3 rings (SSSR count). The molecule has 0 aliphatic carbocycles. The first-order chi connectivity index (χ1) is 11.8. The van der Waals surface area contributed by atoms with Crippen LogP contribution in [-0.4, -0.2) is 65.2 Å². The number of amides is 1. The summed E-state index contributed by atoms with van der Waals surface area (Å²) < 4.78 is 5.52. The van der Waals surface area contributed by atoms with Crippen molar-refractivity contribution in [2.45, 2.75) is 31.7 Å². The van der Waals surface area contributed by atoms with E-state index in [0.717, 1.165) is 6.04 Å². The summed E-state index contributed by atoms with van der Waals surface area (Å²) in [5, 5.41) is 3.41. The Kier molecular flexibility index (Phi) is 5.26. The van der Waals surface area contributed by atoms with Crippen LogP contribution < -0.4 is 5.32 Å². The number of aromatic amines is 1. The summed E-state index contributed by atoms with van der Waals surface area (Å²) in [6.45, 7) is 9.06. The third kappa shape index (κ3) is 4.28. The van der Waals surface area contributed by atoms with Gasteiger partial charge in [-0.15, -0.1) is 0 Å². The minimum Gasteiger partial charge on any atom is -0.450 e. The van der Waals surface area contributed by atoms with Gasteiger partial charge in [0.25, 0.3) is 0 Å². The van der Waals surface area contributed by atoms with Crippen LogP contribution in [0, 0.1) is 0 Å². The molecule has 0 saturated carbocycles. The van der Waals surface area contributed by atoms with E-state index in [1.165, 1.54) is 0 Å². The van der Waals surface area contributed by atoms with Gasteiger partial charge in [0.1, 0.15) is 5.52 Å². The summed E-state index contributed by atoms with van der Waals surface area (Å²) in [5.41, 5.74) is 1.84. The predicted molar refractivity (Wildman–Crippen MR) is 98.5 cm³/mol. The van der Waals surface area contributed by atoms with Gasteiger partial charge in [0.15, 0.2) is 5.65 Å². The number of hydrogen-bond acceptors (Lipinski definition) is 6. The zero-order valence-electron chi connectivity index (χ0n) is 14.7. The van der Waals surface area contributed by atoms with Crippen LogP contribution in [0.3, 0.4) is 0 Å². The summed E-state index contributed by atoms with van der Waals surface area (Å²) >= 11 is 6.03. The van der Waals surface area contributed by atoms with E-state index in [1.807, 2.05) is 0 Å². The first-order valence-corrected chi connectivity index (χ1v) is 12.4. The molecule has 3 heterocycles. The number of nitrogens with one attached hydrogen (secondary N) is 2. The van der Waals surface area contributed by atoms with Crippen molar-refractivity contribution in [2.24, 2.45) is 0 Å². The minimum atomic E-state index is -1.25. The standard InChI is InChI=1S/C15H23ClN6O2Si/c1-25(2,3)7-6-24-15(23)22-5-4-17-8-10(22)11-12-13(19-9-18-12)21-14(16)20-11/h9-10,17H,4-8H2,1-3H3,(H,18,19,20,21). The maximum absolute atomic E-state index is 12.6. The quantitative estimate of drug-likeness (QED) is 0.622. The van der Waals surface area contributed by atoms with Gasteiger partial charge in [-0.05, 0) is 17.6 Å². The molecule has 2 aromatic rings. The smallest absolute Gasteiger partial charge is 0.410 e. The fourth-order valence-corrected chi connectivity index (χ4v) is 3.65. The molecule has 0 aromatic carbocycles. The Labute approximate surface area is 152 Å². The highest BCUT2D eigenvalue weighted by Crippen LogP contribution is 2.27. The van der Waals surface area contributed by atoms with Gasteiger partial charge in [-0.25, -0.2) is 14.8 Å². The second kappa shape index (κ2) is 7.26. The Balaban J connectivity index is 1.81. The second-order valence-corrected chi connectivity index (χ2v) is 13.3. The molecular formula is C15H23ClN6O2Si. The molecule has 0 bridgehead atoms. The summed E-state index contributed by atoms with van der Waals surface area (Å²) in [6, 6.07) is 0.663. The highest BCUT2D eigenvalue weighted by Gasteiger charge is 2.32. The molecule has 136 valence electrons. The van der Waals surface area contributed by atoms with Crippen LogP contribution in [0.5, 0.6) is 0 Å². The van der Waals surface area contributed by atoms with Gasteiger partial charge in [-0.2, -0.15) is 4.98 Å². The molecule has 25 heavy (non-hydrogen) atoms. The van der Waals surface area contributed by atoms with E-state index in [0.29, 0.717) is 43.1 Å². The molecule has 0 spiro atoms. The maximum Gasteiger partial charge on any atom is 0.410 e. The number of aromatic nitrogens is 4. The molecule has 1 aliphatic heterocycles. The SMILES string of the molecule is C[Si](C)(C)CCOC(=O)N1CCNCC1c1nc(Cl)nc2nc[nH]c12. The van der Waals surface area contributed by atoms with Gasteiger partial charge in [0.2, 0.25) is 5.28 Å². The fraction of sp³-hybridized carbons (Fsp3) is 0.600. The van der Waals surface area contributed by atoms with Crippen LogP contribution in [0.25, 0.3) is 11.2 Å². The van der Waals surface area contributed by atoms with Crippen LogP contribution in [0.15, 0.2) is 6.33 Å². The van der Waals surface area contributed by atoms with Crippen molar-refractivity contribution >= 4 is 36.9 Å². The van der Waals surface area contributed by atoms with Crippen molar-refractivity contribution in [3.8, 4) is 0 Å². The normalized spacial score (nSPS) is 18.6. The lowest BCUT2D eigenvalue weighted by Crippen LogP contribution is -2.49. The van der Waals surface area contributed by atoms with Gasteiger partial charge in [0.05, 0.1) is 24.7 Å². The van der Waals surface area contributed by atoms with E-state index in [2.05, 4.69) is 44.9 Å². The van der Waals surface area contributed by atoms with Crippen molar-refractivity contribution in [3.63, 3.8) is 0 Å². The second-order valence-electron chi connectivity index (χ2n) is 7.32. The number of ether oxygens (including phenoxy) is 1. The zero-order valence-corrected chi connectivity index (χ0v) is 16.4. The van der Waals surface area contributed by atoms with Gasteiger partial charge < -0.3 is 15.0 Å². The van der Waals surface area contributed by atoms with Crippen molar-refractivity contribution < 1.29 is 9.53 Å². The van der Waals surface area contributed by atoms with Crippen LogP contribution in [-0.2, 0) is 4.74 Å². The zero-order chi connectivity index (χ0) is 18.0. The first-order valence-electron chi connectivity index (χ1n) is 8.36. The molecule has 1 unspecified atom stereocenters. The van der Waals surface area contributed by atoms with E-state index >= 15 is 0 Å². The molecule has 1 aliphatic rings. The number of piperazine rings is 1. The third-order valence-corrected chi connectivity index (χ3v) is 6.03. The Morgan fingerprint density at radius 1 is 1.44 bits per heavy atom. The van der Waals surface area contributed by atoms with Crippen LogP contribution >= 0.6 is 11.6 Å². The molecule has 1 atom stereocenters. The van der Waals surface area contributed by atoms with Gasteiger partial charge in [-0.3, -0.25) is 4.90 Å². The van der Waals surface area contributed by atoms with E-state index in [1.54, 1.807) is 11.2 Å². The van der Waals surface area contributed by atoms with E-state index in [4.69, 9.17) is 16.3 Å². The molecular weight excluding hydrogens is 360 g/mol. The number of rotatable bonds is 4. The Morgan fingerprint density at radius 3 is 3.00 bits per heavy atom. The molecule has 1 amide bonds. The van der Waals surface area contributed by atoms with Gasteiger partial charge in [0, 0.05) is 27.7 Å². The molecule has 0 radical (unpaired) electrons. The van der Waals surface area contributed by atoms with Gasteiger partial charge in [-0.1, -0.05) is 19.6 Å². The summed E-state index contributed by atoms with van der Waals surface area (Å²) in [4.78, 5) is 30.0. The summed E-state index contributed by atoms with van der Waals surface area (Å²) in [5.74, 6) is 0. The lowest BCUT2D eigenvalue weighted by molar-refractivity contribution is 0.0802. The number of imidazole rings is 1. The van der Waals surface area contributed by atoms with E-state index in [-0.39, 0.29) is 17.4 Å². The summed E-state index contributed by atoms with van der Waals surface area (Å²) in [6.07, 6.45) is 1.23. The van der Waals surface area contributed by atoms with Crippen LogP contribution in [0.4, 0.5) is 4.79 Å². The number of carbonyl (C=O) groups is 1. The average molecular weight is 383 g/mol. The lowest BCUT2D eigenvalue weighted by atomic mass is 10.1. The number of halogens is 1. The number of H-pyrrole nitrogens is 1. The van der Waals surface area contributed by atoms with Crippen molar-refractivity contribution in [3.05, 3.63) is 17.3 Å². The highest BCUT2D eigenvalue weighted by atomic mass is 35.5. The topological polar surface area (TPSA) is 96.0 Å². The molecule has 1 saturated heterocycles. The van der Waals surface area contributed by atoms with Gasteiger partial charge >= 0.3 is 6.09 Å². The number of fused-ring (bicyclic) bond motifs is 1. The number of nitrogens with zero attached hydrogens (tertiary/aromatic N) is 4. The van der Waals surface area contributed by atoms with Crippen molar-refractivity contribution in [2.75, 3.05) is 26.2 Å². The average Bonchev–Trinajstić information content (AvgIpc) is 3.01. The number of carbonyl (C=O) groups excluding carboxylic acids is 1. The lowest BCUT2D eigenvalue weighted by Gasteiger charge is -2.35. The molecule has 10 heteroatoms. The Hall–Kier alpha value is -1.71. The Morgan fingerprint density at radius 2 is 2.24 bits per heavy atom. The molecule has 1 fully saturated rings.